The Hall–Kier alpha value is -3.37. The van der Waals surface area contributed by atoms with Crippen LogP contribution in [-0.4, -0.2) is 46.7 Å². The number of furan rings is 1. The molecule has 1 aromatic carbocycles. The second-order valence-corrected chi connectivity index (χ2v) is 8.38. The quantitative estimate of drug-likeness (QED) is 0.588. The van der Waals surface area contributed by atoms with Crippen molar-refractivity contribution in [2.24, 2.45) is 0 Å². The summed E-state index contributed by atoms with van der Waals surface area (Å²) in [4.78, 5) is 33.0. The molecule has 0 bridgehead atoms. The Bertz CT molecular complexity index is 1090. The smallest absolute Gasteiger partial charge is 0.298 e. The van der Waals surface area contributed by atoms with E-state index in [9.17, 15) is 9.59 Å². The van der Waals surface area contributed by atoms with E-state index in [0.717, 1.165) is 29.2 Å². The number of nitrogens with zero attached hydrogens (tertiary/aromatic N) is 3. The van der Waals surface area contributed by atoms with Gasteiger partial charge in [0.15, 0.2) is 0 Å². The van der Waals surface area contributed by atoms with E-state index in [1.807, 2.05) is 41.8 Å². The Labute approximate surface area is 185 Å². The number of hydrogen-bond donors (Lipinski definition) is 0. The Balaban J connectivity index is 1.31. The number of benzene rings is 1. The zero-order chi connectivity index (χ0) is 21.6. The van der Waals surface area contributed by atoms with Gasteiger partial charge in [-0.05, 0) is 37.1 Å². The number of carbonyl (C=O) groups excluding carboxylic acids is 2. The molecule has 31 heavy (non-hydrogen) atoms. The molecule has 1 fully saturated rings. The molecule has 4 rings (SSSR count). The van der Waals surface area contributed by atoms with Gasteiger partial charge in [-0.2, -0.15) is 0 Å². The summed E-state index contributed by atoms with van der Waals surface area (Å²) in [5, 5.41) is 2.77. The minimum atomic E-state index is -0.142. The van der Waals surface area contributed by atoms with Gasteiger partial charge >= 0.3 is 0 Å². The molecule has 0 saturated carbocycles. The maximum atomic E-state index is 12.7. The van der Waals surface area contributed by atoms with Gasteiger partial charge in [-0.15, -0.1) is 11.3 Å². The second kappa shape index (κ2) is 9.63. The minimum Gasteiger partial charge on any atom is -0.467 e. The van der Waals surface area contributed by atoms with Crippen molar-refractivity contribution in [3.05, 3.63) is 76.1 Å². The molecule has 0 aliphatic carbocycles. The first-order valence-corrected chi connectivity index (χ1v) is 11.1. The number of thiazole rings is 1. The van der Waals surface area contributed by atoms with Crippen molar-refractivity contribution >= 4 is 23.2 Å². The summed E-state index contributed by atoms with van der Waals surface area (Å²) in [7, 11) is 1.74. The van der Waals surface area contributed by atoms with Gasteiger partial charge in [0.2, 0.25) is 0 Å². The van der Waals surface area contributed by atoms with Crippen LogP contribution in [0.2, 0.25) is 0 Å². The van der Waals surface area contributed by atoms with E-state index in [2.05, 4.69) is 16.8 Å². The second-order valence-electron chi connectivity index (χ2n) is 7.49. The molecule has 3 heterocycles. The molecule has 0 atom stereocenters. The van der Waals surface area contributed by atoms with Gasteiger partial charge in [-0.25, -0.2) is 4.98 Å². The standard InChI is InChI=1S/C24H23N3O3S/c1-26(16-20-8-5-15-30-20)24(29)21-17-31-23(25-21)19-11-13-27(14-12-19)22(28)10-9-18-6-3-2-4-7-18/h2-8,15,17,19H,11-14,16H2,1H3. The van der Waals surface area contributed by atoms with Crippen molar-refractivity contribution in [2.75, 3.05) is 20.1 Å². The van der Waals surface area contributed by atoms with E-state index in [0.29, 0.717) is 25.3 Å². The van der Waals surface area contributed by atoms with Crippen LogP contribution in [0.15, 0.2) is 58.5 Å². The van der Waals surface area contributed by atoms with Gasteiger partial charge in [-0.3, -0.25) is 9.59 Å². The molecule has 3 aromatic rings. The largest absolute Gasteiger partial charge is 0.467 e. The van der Waals surface area contributed by atoms with Crippen LogP contribution in [0.3, 0.4) is 0 Å². The first-order chi connectivity index (χ1) is 15.1. The molecule has 0 spiro atoms. The highest BCUT2D eigenvalue weighted by atomic mass is 32.1. The highest BCUT2D eigenvalue weighted by Gasteiger charge is 2.26. The fraction of sp³-hybridized carbons (Fsp3) is 0.292. The lowest BCUT2D eigenvalue weighted by Gasteiger charge is -2.29. The van der Waals surface area contributed by atoms with Crippen LogP contribution < -0.4 is 0 Å². The van der Waals surface area contributed by atoms with Gasteiger partial charge in [0.1, 0.15) is 11.5 Å². The number of likely N-dealkylation sites (tertiary alicyclic amines) is 1. The summed E-state index contributed by atoms with van der Waals surface area (Å²) in [5.74, 6) is 6.39. The van der Waals surface area contributed by atoms with Crippen LogP contribution in [0.25, 0.3) is 0 Å². The van der Waals surface area contributed by atoms with Crippen molar-refractivity contribution in [3.63, 3.8) is 0 Å². The van der Waals surface area contributed by atoms with E-state index in [1.54, 1.807) is 29.2 Å². The molecule has 158 valence electrons. The Kier molecular flexibility index (Phi) is 6.48. The molecule has 2 amide bonds. The number of carbonyl (C=O) groups is 2. The Morgan fingerprint density at radius 3 is 2.68 bits per heavy atom. The molecular formula is C24H23N3O3S. The maximum Gasteiger partial charge on any atom is 0.298 e. The SMILES string of the molecule is CN(Cc1ccco1)C(=O)c1csc(C2CCN(C(=O)C#Cc3ccccc3)CC2)n1. The van der Waals surface area contributed by atoms with Crippen molar-refractivity contribution in [1.29, 1.82) is 0 Å². The highest BCUT2D eigenvalue weighted by Crippen LogP contribution is 2.30. The molecular weight excluding hydrogens is 410 g/mol. The lowest BCUT2D eigenvalue weighted by atomic mass is 9.97. The number of aromatic nitrogens is 1. The average Bonchev–Trinajstić information content (AvgIpc) is 3.50. The molecule has 1 aliphatic heterocycles. The third kappa shape index (κ3) is 5.22. The molecule has 1 saturated heterocycles. The van der Waals surface area contributed by atoms with Gasteiger partial charge in [-0.1, -0.05) is 24.1 Å². The van der Waals surface area contributed by atoms with Gasteiger partial charge in [0, 0.05) is 42.9 Å². The number of piperidine rings is 1. The first-order valence-electron chi connectivity index (χ1n) is 10.2. The van der Waals surface area contributed by atoms with Crippen molar-refractivity contribution in [1.82, 2.24) is 14.8 Å². The zero-order valence-corrected chi connectivity index (χ0v) is 18.1. The van der Waals surface area contributed by atoms with Gasteiger partial charge in [0.05, 0.1) is 17.8 Å². The summed E-state index contributed by atoms with van der Waals surface area (Å²) >= 11 is 1.51. The third-order valence-corrected chi connectivity index (χ3v) is 6.29. The van der Waals surface area contributed by atoms with Crippen LogP contribution in [0.1, 0.15) is 45.6 Å². The molecule has 7 heteroatoms. The van der Waals surface area contributed by atoms with E-state index >= 15 is 0 Å². The monoisotopic (exact) mass is 433 g/mol. The Morgan fingerprint density at radius 1 is 1.19 bits per heavy atom. The maximum absolute atomic E-state index is 12.7. The summed E-state index contributed by atoms with van der Waals surface area (Å²) in [6.07, 6.45) is 3.24. The van der Waals surface area contributed by atoms with Crippen LogP contribution in [0.4, 0.5) is 0 Å². The molecule has 0 N–H and O–H groups in total. The van der Waals surface area contributed by atoms with Crippen LogP contribution in [0, 0.1) is 11.8 Å². The van der Waals surface area contributed by atoms with Gasteiger partial charge in [0.25, 0.3) is 11.8 Å². The third-order valence-electron chi connectivity index (χ3n) is 5.28. The van der Waals surface area contributed by atoms with E-state index in [1.165, 1.54) is 11.3 Å². The fourth-order valence-electron chi connectivity index (χ4n) is 3.53. The lowest BCUT2D eigenvalue weighted by Crippen LogP contribution is -2.37. The molecule has 0 radical (unpaired) electrons. The number of rotatable bonds is 4. The fourth-order valence-corrected chi connectivity index (χ4v) is 4.50. The molecule has 6 nitrogen and oxygen atoms in total. The average molecular weight is 434 g/mol. The van der Waals surface area contributed by atoms with E-state index in [-0.39, 0.29) is 17.7 Å². The van der Waals surface area contributed by atoms with Crippen molar-refractivity contribution in [2.45, 2.75) is 25.3 Å². The normalized spacial score (nSPS) is 14.0. The summed E-state index contributed by atoms with van der Waals surface area (Å²) in [6, 6.07) is 13.2. The summed E-state index contributed by atoms with van der Waals surface area (Å²) in [6.45, 7) is 1.70. The van der Waals surface area contributed by atoms with Crippen LogP contribution in [-0.2, 0) is 11.3 Å². The Morgan fingerprint density at radius 2 is 1.97 bits per heavy atom. The summed E-state index contributed by atoms with van der Waals surface area (Å²) in [5.41, 5.74) is 1.30. The molecule has 2 aromatic heterocycles. The number of hydrogen-bond acceptors (Lipinski definition) is 5. The number of amides is 2. The van der Waals surface area contributed by atoms with Crippen LogP contribution >= 0.6 is 11.3 Å². The highest BCUT2D eigenvalue weighted by molar-refractivity contribution is 7.09. The van der Waals surface area contributed by atoms with Crippen molar-refractivity contribution in [3.8, 4) is 11.8 Å². The topological polar surface area (TPSA) is 66.7 Å². The molecule has 1 aliphatic rings. The van der Waals surface area contributed by atoms with Crippen molar-refractivity contribution < 1.29 is 14.0 Å². The molecule has 0 unspecified atom stereocenters. The minimum absolute atomic E-state index is 0.122. The van der Waals surface area contributed by atoms with E-state index < -0.39 is 0 Å². The predicted octanol–water partition coefficient (Wildman–Crippen LogP) is 3.77. The predicted molar refractivity (Wildman–Crippen MR) is 118 cm³/mol. The lowest BCUT2D eigenvalue weighted by molar-refractivity contribution is -0.126. The van der Waals surface area contributed by atoms with Crippen LogP contribution in [0.5, 0.6) is 0 Å². The van der Waals surface area contributed by atoms with Gasteiger partial charge < -0.3 is 14.2 Å². The zero-order valence-electron chi connectivity index (χ0n) is 17.3. The first kappa shape index (κ1) is 20.9. The van der Waals surface area contributed by atoms with E-state index in [4.69, 9.17) is 4.42 Å². The summed E-state index contributed by atoms with van der Waals surface area (Å²) < 4.78 is 5.31.